The topological polar surface area (TPSA) is 43.7 Å². The van der Waals surface area contributed by atoms with E-state index >= 15 is 0 Å². The lowest BCUT2D eigenvalue weighted by Crippen LogP contribution is -2.37. The summed E-state index contributed by atoms with van der Waals surface area (Å²) in [7, 11) is 0. The average Bonchev–Trinajstić information content (AvgIpc) is 2.72. The number of aromatic hydroxyl groups is 2. The highest BCUT2D eigenvalue weighted by Crippen LogP contribution is 2.34. The number of phenols is 2. The second-order valence-corrected chi connectivity index (χ2v) is 5.21. The van der Waals surface area contributed by atoms with Crippen molar-refractivity contribution in [3.63, 3.8) is 0 Å². The Labute approximate surface area is 126 Å². The smallest absolute Gasteiger partial charge is 0.157 e. The molecule has 1 aliphatic carbocycles. The van der Waals surface area contributed by atoms with Crippen LogP contribution < -0.4 is 0 Å². The minimum absolute atomic E-state index is 0. The maximum Gasteiger partial charge on any atom is 0.157 e. The summed E-state index contributed by atoms with van der Waals surface area (Å²) < 4.78 is 0. The van der Waals surface area contributed by atoms with E-state index in [1.54, 1.807) is 12.1 Å². The molecule has 0 saturated carbocycles. The van der Waals surface area contributed by atoms with Crippen LogP contribution in [-0.4, -0.2) is 34.2 Å². The Balaban J connectivity index is 0.00000180. The van der Waals surface area contributed by atoms with Crippen molar-refractivity contribution < 1.29 is 10.2 Å². The fraction of sp³-hybridized carbons (Fsp3) is 0.600. The predicted octanol–water partition coefficient (Wildman–Crippen LogP) is 3.26. The molecule has 19 heavy (non-hydrogen) atoms. The average molecular weight is 330 g/mol. The summed E-state index contributed by atoms with van der Waals surface area (Å²) in [6.45, 7) is 6.68. The molecular formula is C15H24BrNO2. The van der Waals surface area contributed by atoms with Gasteiger partial charge >= 0.3 is 0 Å². The Morgan fingerprint density at radius 2 is 1.42 bits per heavy atom. The van der Waals surface area contributed by atoms with Crippen molar-refractivity contribution in [3.05, 3.63) is 23.3 Å². The number of rotatable bonds is 5. The SMILES string of the molecule is Br.CCCN(CCC)C1Cc2cc(O)c(O)cc2C1. The van der Waals surface area contributed by atoms with Gasteiger partial charge in [0.25, 0.3) is 0 Å². The molecule has 0 aliphatic heterocycles. The van der Waals surface area contributed by atoms with Crippen molar-refractivity contribution in [2.75, 3.05) is 13.1 Å². The third kappa shape index (κ3) is 3.63. The van der Waals surface area contributed by atoms with Crippen LogP contribution in [0.5, 0.6) is 11.5 Å². The molecule has 0 atom stereocenters. The Kier molecular flexibility index (Phi) is 6.14. The van der Waals surface area contributed by atoms with Gasteiger partial charge in [0.05, 0.1) is 0 Å². The molecule has 0 bridgehead atoms. The summed E-state index contributed by atoms with van der Waals surface area (Å²) in [6, 6.07) is 3.97. The molecule has 1 aliphatic rings. The third-order valence-electron chi connectivity index (χ3n) is 3.75. The van der Waals surface area contributed by atoms with Gasteiger partial charge in [-0.2, -0.15) is 0 Å². The van der Waals surface area contributed by atoms with Crippen LogP contribution in [0.2, 0.25) is 0 Å². The number of hydrogen-bond acceptors (Lipinski definition) is 3. The molecule has 4 heteroatoms. The molecular weight excluding hydrogens is 306 g/mol. The highest BCUT2D eigenvalue weighted by atomic mass is 79.9. The maximum absolute atomic E-state index is 9.55. The first-order valence-corrected chi connectivity index (χ1v) is 6.93. The molecule has 1 aromatic rings. The summed E-state index contributed by atoms with van der Waals surface area (Å²) in [4.78, 5) is 2.54. The van der Waals surface area contributed by atoms with Gasteiger partial charge in [-0.25, -0.2) is 0 Å². The van der Waals surface area contributed by atoms with E-state index in [1.165, 1.54) is 24.0 Å². The lowest BCUT2D eigenvalue weighted by molar-refractivity contribution is 0.202. The molecule has 3 nitrogen and oxygen atoms in total. The van der Waals surface area contributed by atoms with Crippen molar-refractivity contribution in [2.24, 2.45) is 0 Å². The largest absolute Gasteiger partial charge is 0.504 e. The van der Waals surface area contributed by atoms with E-state index in [1.807, 2.05) is 0 Å². The maximum atomic E-state index is 9.55. The van der Waals surface area contributed by atoms with E-state index in [-0.39, 0.29) is 28.5 Å². The first-order valence-electron chi connectivity index (χ1n) is 6.93. The van der Waals surface area contributed by atoms with E-state index in [9.17, 15) is 10.2 Å². The number of fused-ring (bicyclic) bond motifs is 1. The van der Waals surface area contributed by atoms with Crippen LogP contribution in [0.25, 0.3) is 0 Å². The van der Waals surface area contributed by atoms with Gasteiger partial charge in [-0.1, -0.05) is 13.8 Å². The van der Waals surface area contributed by atoms with Crippen LogP contribution in [-0.2, 0) is 12.8 Å². The van der Waals surface area contributed by atoms with Gasteiger partial charge < -0.3 is 10.2 Å². The van der Waals surface area contributed by atoms with E-state index in [2.05, 4.69) is 18.7 Å². The summed E-state index contributed by atoms with van der Waals surface area (Å²) in [5, 5.41) is 19.1. The zero-order valence-corrected chi connectivity index (χ0v) is 13.4. The van der Waals surface area contributed by atoms with Crippen LogP contribution >= 0.6 is 17.0 Å². The van der Waals surface area contributed by atoms with Gasteiger partial charge in [0, 0.05) is 6.04 Å². The molecule has 0 amide bonds. The van der Waals surface area contributed by atoms with Crippen LogP contribution in [0.4, 0.5) is 0 Å². The van der Waals surface area contributed by atoms with Gasteiger partial charge in [0.1, 0.15) is 0 Å². The van der Waals surface area contributed by atoms with E-state index in [4.69, 9.17) is 0 Å². The van der Waals surface area contributed by atoms with E-state index in [0.29, 0.717) is 6.04 Å². The predicted molar refractivity (Wildman–Crippen MR) is 83.4 cm³/mol. The Morgan fingerprint density at radius 1 is 1.00 bits per heavy atom. The first-order chi connectivity index (χ1) is 8.65. The standard InChI is InChI=1S/C15H23NO2.BrH/c1-3-5-16(6-4-2)13-7-11-9-14(17)15(18)10-12(11)8-13;/h9-10,13,17-18H,3-8H2,1-2H3;1H. The van der Waals surface area contributed by atoms with Gasteiger partial charge in [-0.3, -0.25) is 4.90 Å². The lowest BCUT2D eigenvalue weighted by Gasteiger charge is -2.27. The third-order valence-corrected chi connectivity index (χ3v) is 3.75. The Morgan fingerprint density at radius 3 is 1.79 bits per heavy atom. The minimum atomic E-state index is 0. The molecule has 0 spiro atoms. The highest BCUT2D eigenvalue weighted by molar-refractivity contribution is 8.93. The second-order valence-electron chi connectivity index (χ2n) is 5.21. The number of hydrogen-bond donors (Lipinski definition) is 2. The van der Waals surface area contributed by atoms with Crippen LogP contribution in [0.1, 0.15) is 37.8 Å². The highest BCUT2D eigenvalue weighted by Gasteiger charge is 2.27. The summed E-state index contributed by atoms with van der Waals surface area (Å²) in [6.07, 6.45) is 4.32. The molecule has 0 saturated heterocycles. The van der Waals surface area contributed by atoms with Crippen molar-refractivity contribution in [1.29, 1.82) is 0 Å². The van der Waals surface area contributed by atoms with Gasteiger partial charge in [0.15, 0.2) is 11.5 Å². The monoisotopic (exact) mass is 329 g/mol. The molecule has 0 unspecified atom stereocenters. The van der Waals surface area contributed by atoms with Crippen molar-refractivity contribution >= 4 is 17.0 Å². The number of halogens is 1. The lowest BCUT2D eigenvalue weighted by atomic mass is 10.1. The Bertz CT molecular complexity index is 386. The molecule has 0 heterocycles. The second kappa shape index (κ2) is 7.15. The van der Waals surface area contributed by atoms with Crippen LogP contribution in [0.15, 0.2) is 12.1 Å². The number of phenolic OH excluding ortho intramolecular Hbond substituents is 2. The molecule has 0 fully saturated rings. The van der Waals surface area contributed by atoms with Crippen molar-refractivity contribution in [1.82, 2.24) is 4.90 Å². The number of benzene rings is 1. The zero-order chi connectivity index (χ0) is 13.1. The normalized spacial score (nSPS) is 14.5. The van der Waals surface area contributed by atoms with Gasteiger partial charge in [-0.15, -0.1) is 17.0 Å². The van der Waals surface area contributed by atoms with Crippen LogP contribution in [0, 0.1) is 0 Å². The minimum Gasteiger partial charge on any atom is -0.504 e. The molecule has 2 rings (SSSR count). The Hall–Kier alpha value is -0.740. The summed E-state index contributed by atoms with van der Waals surface area (Å²) >= 11 is 0. The van der Waals surface area contributed by atoms with Gasteiger partial charge in [0.2, 0.25) is 0 Å². The van der Waals surface area contributed by atoms with E-state index < -0.39 is 0 Å². The zero-order valence-electron chi connectivity index (χ0n) is 11.7. The quantitative estimate of drug-likeness (QED) is 0.815. The fourth-order valence-electron chi connectivity index (χ4n) is 2.93. The van der Waals surface area contributed by atoms with Crippen molar-refractivity contribution in [2.45, 2.75) is 45.6 Å². The molecule has 108 valence electrons. The molecule has 0 radical (unpaired) electrons. The summed E-state index contributed by atoms with van der Waals surface area (Å²) in [5.74, 6) is 0.0128. The summed E-state index contributed by atoms with van der Waals surface area (Å²) in [5.41, 5.74) is 2.38. The first kappa shape index (κ1) is 16.3. The number of nitrogens with zero attached hydrogens (tertiary/aromatic N) is 1. The molecule has 2 N–H and O–H groups in total. The van der Waals surface area contributed by atoms with Gasteiger partial charge in [-0.05, 0) is 62.0 Å². The van der Waals surface area contributed by atoms with Crippen molar-refractivity contribution in [3.8, 4) is 11.5 Å². The fourth-order valence-corrected chi connectivity index (χ4v) is 2.93. The molecule has 1 aromatic carbocycles. The molecule has 0 aromatic heterocycles. The van der Waals surface area contributed by atoms with E-state index in [0.717, 1.165) is 25.9 Å². The van der Waals surface area contributed by atoms with Crippen LogP contribution in [0.3, 0.4) is 0 Å².